The molecule has 0 aromatic carbocycles. The highest BCUT2D eigenvalue weighted by atomic mass is 16.5. The van der Waals surface area contributed by atoms with Crippen molar-refractivity contribution in [3.63, 3.8) is 0 Å². The smallest absolute Gasteiger partial charge is 0.310 e. The van der Waals surface area contributed by atoms with Gasteiger partial charge in [-0.05, 0) is 44.4 Å². The number of carbonyl (C=O) groups is 2. The van der Waals surface area contributed by atoms with Gasteiger partial charge in [-0.25, -0.2) is 0 Å². The van der Waals surface area contributed by atoms with Crippen molar-refractivity contribution in [3.8, 4) is 0 Å². The Morgan fingerprint density at radius 2 is 1.05 bits per heavy atom. The number of carboxylic acid groups (broad SMARTS) is 1. The van der Waals surface area contributed by atoms with Crippen molar-refractivity contribution in [3.05, 3.63) is 0 Å². The molecule has 1 aliphatic carbocycles. The van der Waals surface area contributed by atoms with E-state index in [9.17, 15) is 14.7 Å². The molecule has 1 fully saturated rings. The molecule has 1 saturated carbocycles. The van der Waals surface area contributed by atoms with Crippen LogP contribution in [0.15, 0.2) is 0 Å². The average molecular weight is 523 g/mol. The second-order valence-electron chi connectivity index (χ2n) is 12.3. The summed E-state index contributed by atoms with van der Waals surface area (Å²) in [5.74, 6) is -1.26. The van der Waals surface area contributed by atoms with Gasteiger partial charge < -0.3 is 9.84 Å². The summed E-state index contributed by atoms with van der Waals surface area (Å²) in [4.78, 5) is 24.7. The Bertz CT molecular complexity index is 559. The first-order valence-electron chi connectivity index (χ1n) is 16.4. The number of esters is 1. The second kappa shape index (κ2) is 22.9. The Kier molecular flexibility index (Phi) is 21.0. The van der Waals surface area contributed by atoms with Crippen LogP contribution in [-0.4, -0.2) is 23.1 Å². The monoisotopic (exact) mass is 522 g/mol. The van der Waals surface area contributed by atoms with Gasteiger partial charge in [0.25, 0.3) is 0 Å². The molecule has 218 valence electrons. The summed E-state index contributed by atoms with van der Waals surface area (Å²) in [6.07, 6.45) is 28.2. The van der Waals surface area contributed by atoms with Crippen molar-refractivity contribution in [1.29, 1.82) is 0 Å². The predicted molar refractivity (Wildman–Crippen MR) is 156 cm³/mol. The minimum Gasteiger partial charge on any atom is -0.481 e. The van der Waals surface area contributed by atoms with Gasteiger partial charge in [-0.2, -0.15) is 0 Å². The first-order valence-corrected chi connectivity index (χ1v) is 16.4. The molecule has 1 N–H and O–H groups in total. The van der Waals surface area contributed by atoms with Crippen LogP contribution in [0.2, 0.25) is 0 Å². The van der Waals surface area contributed by atoms with E-state index in [0.29, 0.717) is 12.8 Å². The molecule has 3 unspecified atom stereocenters. The number of carboxylic acids is 1. The molecular weight excluding hydrogens is 460 g/mol. The molecule has 0 spiro atoms. The third kappa shape index (κ3) is 18.0. The Labute approximate surface area is 230 Å². The number of unbranched alkanes of at least 4 members (excludes halogenated alkanes) is 15. The first-order chi connectivity index (χ1) is 18.0. The maximum Gasteiger partial charge on any atom is 0.310 e. The van der Waals surface area contributed by atoms with E-state index in [2.05, 4.69) is 20.8 Å². The van der Waals surface area contributed by atoms with Gasteiger partial charge in [-0.15, -0.1) is 0 Å². The van der Waals surface area contributed by atoms with Gasteiger partial charge in [-0.3, -0.25) is 9.59 Å². The van der Waals surface area contributed by atoms with Crippen molar-refractivity contribution in [2.45, 2.75) is 181 Å². The first kappa shape index (κ1) is 34.0. The van der Waals surface area contributed by atoms with Gasteiger partial charge in [0.2, 0.25) is 0 Å². The summed E-state index contributed by atoms with van der Waals surface area (Å²) in [5, 5.41) is 9.59. The number of hydrogen-bond donors (Lipinski definition) is 1. The SMILES string of the molecule is CCCCCCCCCCCC(CCCCCCCCCCC(C)C)OC(=O)C1CCCCC1C(=O)O. The average Bonchev–Trinajstić information content (AvgIpc) is 2.88. The van der Waals surface area contributed by atoms with Crippen LogP contribution in [-0.2, 0) is 14.3 Å². The highest BCUT2D eigenvalue weighted by Crippen LogP contribution is 2.32. The van der Waals surface area contributed by atoms with Crippen molar-refractivity contribution in [1.82, 2.24) is 0 Å². The van der Waals surface area contributed by atoms with E-state index in [1.807, 2.05) is 0 Å². The van der Waals surface area contributed by atoms with Gasteiger partial charge >= 0.3 is 11.9 Å². The quantitative estimate of drug-likeness (QED) is 0.101. The molecule has 0 bridgehead atoms. The number of aliphatic carboxylic acids is 1. The van der Waals surface area contributed by atoms with E-state index >= 15 is 0 Å². The molecular formula is C33H62O4. The fraction of sp³-hybridized carbons (Fsp3) is 0.939. The second-order valence-corrected chi connectivity index (χ2v) is 12.3. The molecule has 1 aliphatic rings. The standard InChI is InChI=1S/C33H62O4/c1-4-5-6-7-8-9-13-16-19-24-29(25-20-17-14-11-10-12-15-18-23-28(2)3)37-33(36)31-27-22-21-26-30(31)32(34)35/h28-31H,4-27H2,1-3H3,(H,34,35). The van der Waals surface area contributed by atoms with Gasteiger partial charge in [0.1, 0.15) is 6.10 Å². The Balaban J connectivity index is 2.34. The fourth-order valence-corrected chi connectivity index (χ4v) is 5.89. The van der Waals surface area contributed by atoms with E-state index in [1.54, 1.807) is 0 Å². The van der Waals surface area contributed by atoms with E-state index in [-0.39, 0.29) is 12.1 Å². The molecule has 0 radical (unpaired) electrons. The normalized spacial score (nSPS) is 18.7. The predicted octanol–water partition coefficient (Wildman–Crippen LogP) is 10.3. The molecule has 37 heavy (non-hydrogen) atoms. The molecule has 1 rings (SSSR count). The molecule has 0 heterocycles. The molecule has 4 heteroatoms. The third-order valence-corrected chi connectivity index (χ3v) is 8.36. The third-order valence-electron chi connectivity index (χ3n) is 8.36. The fourth-order valence-electron chi connectivity index (χ4n) is 5.89. The lowest BCUT2D eigenvalue weighted by atomic mass is 9.79. The Morgan fingerprint density at radius 1 is 0.649 bits per heavy atom. The minimum absolute atomic E-state index is 0.0375. The van der Waals surface area contributed by atoms with Gasteiger partial charge in [0.15, 0.2) is 0 Å². The van der Waals surface area contributed by atoms with Crippen LogP contribution >= 0.6 is 0 Å². The van der Waals surface area contributed by atoms with Crippen LogP contribution in [0.5, 0.6) is 0 Å². The highest BCUT2D eigenvalue weighted by Gasteiger charge is 2.37. The topological polar surface area (TPSA) is 63.6 Å². The summed E-state index contributed by atoms with van der Waals surface area (Å²) >= 11 is 0. The molecule has 0 aromatic heterocycles. The van der Waals surface area contributed by atoms with Crippen molar-refractivity contribution in [2.24, 2.45) is 17.8 Å². The number of carbonyl (C=O) groups excluding carboxylic acids is 1. The van der Waals surface area contributed by atoms with E-state index in [4.69, 9.17) is 4.74 Å². The maximum absolute atomic E-state index is 13.0. The number of hydrogen-bond acceptors (Lipinski definition) is 3. The van der Waals surface area contributed by atoms with Crippen molar-refractivity contribution in [2.75, 3.05) is 0 Å². The summed E-state index contributed by atoms with van der Waals surface area (Å²) in [5.41, 5.74) is 0. The highest BCUT2D eigenvalue weighted by molar-refractivity contribution is 5.81. The van der Waals surface area contributed by atoms with Crippen LogP contribution in [0, 0.1) is 17.8 Å². The zero-order chi connectivity index (χ0) is 27.1. The molecule has 3 atom stereocenters. The lowest BCUT2D eigenvalue weighted by Crippen LogP contribution is -2.35. The van der Waals surface area contributed by atoms with Crippen LogP contribution in [0.3, 0.4) is 0 Å². The molecule has 0 saturated heterocycles. The van der Waals surface area contributed by atoms with Crippen LogP contribution < -0.4 is 0 Å². The van der Waals surface area contributed by atoms with Gasteiger partial charge in [0, 0.05) is 0 Å². The molecule has 0 aliphatic heterocycles. The lowest BCUT2D eigenvalue weighted by Gasteiger charge is -2.29. The minimum atomic E-state index is -0.832. The summed E-state index contributed by atoms with van der Waals surface area (Å²) in [6, 6.07) is 0. The summed E-state index contributed by atoms with van der Waals surface area (Å²) in [6.45, 7) is 6.87. The summed E-state index contributed by atoms with van der Waals surface area (Å²) < 4.78 is 6.03. The van der Waals surface area contributed by atoms with Crippen molar-refractivity contribution >= 4 is 11.9 Å². The molecule has 0 aromatic rings. The van der Waals surface area contributed by atoms with Crippen LogP contribution in [0.1, 0.15) is 175 Å². The lowest BCUT2D eigenvalue weighted by molar-refractivity contribution is -0.164. The van der Waals surface area contributed by atoms with Crippen LogP contribution in [0.4, 0.5) is 0 Å². The van der Waals surface area contributed by atoms with E-state index < -0.39 is 17.8 Å². The number of ether oxygens (including phenoxy) is 1. The summed E-state index contributed by atoms with van der Waals surface area (Å²) in [7, 11) is 0. The largest absolute Gasteiger partial charge is 0.481 e. The van der Waals surface area contributed by atoms with Crippen LogP contribution in [0.25, 0.3) is 0 Å². The number of rotatable bonds is 24. The van der Waals surface area contributed by atoms with E-state index in [1.165, 1.54) is 103 Å². The molecule has 0 amide bonds. The zero-order valence-electron chi connectivity index (χ0n) is 25.0. The van der Waals surface area contributed by atoms with Gasteiger partial charge in [0.05, 0.1) is 11.8 Å². The van der Waals surface area contributed by atoms with Gasteiger partial charge in [-0.1, -0.05) is 136 Å². The van der Waals surface area contributed by atoms with Crippen molar-refractivity contribution < 1.29 is 19.4 Å². The zero-order valence-corrected chi connectivity index (χ0v) is 25.0. The maximum atomic E-state index is 13.0. The van der Waals surface area contributed by atoms with E-state index in [0.717, 1.165) is 44.4 Å². The Hall–Kier alpha value is -1.06. The Morgan fingerprint density at radius 3 is 1.49 bits per heavy atom. The molecule has 4 nitrogen and oxygen atoms in total.